The zero-order valence-corrected chi connectivity index (χ0v) is 19.2. The van der Waals surface area contributed by atoms with E-state index in [1.807, 2.05) is 36.4 Å². The average Bonchev–Trinajstić information content (AvgIpc) is 3.32. The molecule has 0 aliphatic rings. The van der Waals surface area contributed by atoms with E-state index in [2.05, 4.69) is 10.1 Å². The van der Waals surface area contributed by atoms with Crippen molar-refractivity contribution in [1.82, 2.24) is 4.98 Å². The summed E-state index contributed by atoms with van der Waals surface area (Å²) in [4.78, 5) is 30.7. The molecule has 1 amide bonds. The first-order valence-electron chi connectivity index (χ1n) is 10.8. The van der Waals surface area contributed by atoms with Gasteiger partial charge in [-0.2, -0.15) is 10.1 Å². The lowest BCUT2D eigenvalue weighted by Crippen LogP contribution is -2.25. The number of hydrogen-bond acceptors (Lipinski definition) is 5. The lowest BCUT2D eigenvalue weighted by molar-refractivity contribution is 0.0985. The standard InChI is InChI=1S/C28H18FN3O2S/c29-23-15-16-24-25(17-23)35-28(31-24)32(30-18-19-7-3-1-4-8-19)27(34)22-13-11-21(12-14-22)26(33)20-9-5-2-6-10-20/h1-18H/b30-18+. The smallest absolute Gasteiger partial charge is 0.280 e. The van der Waals surface area contributed by atoms with Crippen LogP contribution in [0.1, 0.15) is 31.8 Å². The molecular formula is C28H18FN3O2S. The molecule has 5 nitrogen and oxygen atoms in total. The Labute approximate surface area is 204 Å². The summed E-state index contributed by atoms with van der Waals surface area (Å²) in [6, 6.07) is 29.0. The molecule has 7 heteroatoms. The molecule has 0 N–H and O–H groups in total. The molecule has 1 aromatic heterocycles. The number of carbonyl (C=O) groups excluding carboxylic acids is 2. The van der Waals surface area contributed by atoms with Crippen LogP contribution in [-0.2, 0) is 0 Å². The predicted molar refractivity (Wildman–Crippen MR) is 137 cm³/mol. The van der Waals surface area contributed by atoms with Gasteiger partial charge in [-0.3, -0.25) is 9.59 Å². The number of anilines is 1. The highest BCUT2D eigenvalue weighted by molar-refractivity contribution is 7.22. The zero-order valence-electron chi connectivity index (χ0n) is 18.3. The van der Waals surface area contributed by atoms with Crippen molar-refractivity contribution in [3.05, 3.63) is 131 Å². The maximum atomic E-state index is 13.7. The van der Waals surface area contributed by atoms with Gasteiger partial charge in [-0.25, -0.2) is 9.37 Å². The number of ketones is 1. The van der Waals surface area contributed by atoms with Gasteiger partial charge >= 0.3 is 0 Å². The molecule has 1 heterocycles. The third kappa shape index (κ3) is 4.90. The van der Waals surface area contributed by atoms with E-state index in [1.165, 1.54) is 28.5 Å². The second-order valence-corrected chi connectivity index (χ2v) is 8.66. The zero-order chi connectivity index (χ0) is 24.2. The number of thiazole rings is 1. The highest BCUT2D eigenvalue weighted by Gasteiger charge is 2.22. The molecule has 5 rings (SSSR count). The van der Waals surface area contributed by atoms with Crippen molar-refractivity contribution in [1.29, 1.82) is 0 Å². The second kappa shape index (κ2) is 9.79. The number of hydrogen-bond donors (Lipinski definition) is 0. The molecular weight excluding hydrogens is 461 g/mol. The number of halogens is 1. The van der Waals surface area contributed by atoms with Crippen LogP contribution in [0.3, 0.4) is 0 Å². The molecule has 0 radical (unpaired) electrons. The van der Waals surface area contributed by atoms with Gasteiger partial charge in [0.15, 0.2) is 5.78 Å². The van der Waals surface area contributed by atoms with Crippen molar-refractivity contribution in [2.24, 2.45) is 5.10 Å². The Kier molecular flexibility index (Phi) is 6.24. The minimum absolute atomic E-state index is 0.128. The maximum Gasteiger partial charge on any atom is 0.280 e. The Balaban J connectivity index is 1.48. The first-order chi connectivity index (χ1) is 17.1. The third-order valence-electron chi connectivity index (χ3n) is 5.26. The van der Waals surface area contributed by atoms with E-state index in [1.54, 1.807) is 60.8 Å². The normalized spacial score (nSPS) is 11.1. The first-order valence-corrected chi connectivity index (χ1v) is 11.6. The van der Waals surface area contributed by atoms with Crippen molar-refractivity contribution in [2.75, 3.05) is 5.01 Å². The minimum Gasteiger partial charge on any atom is -0.289 e. The van der Waals surface area contributed by atoms with Gasteiger partial charge in [-0.15, -0.1) is 0 Å². The number of amides is 1. The van der Waals surface area contributed by atoms with Crippen LogP contribution < -0.4 is 5.01 Å². The van der Waals surface area contributed by atoms with Crippen LogP contribution in [0.4, 0.5) is 9.52 Å². The van der Waals surface area contributed by atoms with Crippen LogP contribution in [0.25, 0.3) is 10.2 Å². The van der Waals surface area contributed by atoms with Crippen molar-refractivity contribution in [3.8, 4) is 0 Å². The average molecular weight is 480 g/mol. The molecule has 0 fully saturated rings. The van der Waals surface area contributed by atoms with E-state index in [0.717, 1.165) is 5.56 Å². The minimum atomic E-state index is -0.421. The molecule has 0 spiro atoms. The number of rotatable bonds is 6. The summed E-state index contributed by atoms with van der Waals surface area (Å²) >= 11 is 1.17. The summed E-state index contributed by atoms with van der Waals surface area (Å²) in [7, 11) is 0. The quantitative estimate of drug-likeness (QED) is 0.162. The van der Waals surface area contributed by atoms with Crippen molar-refractivity contribution < 1.29 is 14.0 Å². The van der Waals surface area contributed by atoms with Gasteiger partial charge in [0.1, 0.15) is 5.82 Å². The molecule has 0 bridgehead atoms. The van der Waals surface area contributed by atoms with Gasteiger partial charge in [0.25, 0.3) is 5.91 Å². The van der Waals surface area contributed by atoms with Gasteiger partial charge in [-0.05, 0) is 35.9 Å². The van der Waals surface area contributed by atoms with Gasteiger partial charge in [0.2, 0.25) is 5.13 Å². The number of aromatic nitrogens is 1. The molecule has 4 aromatic carbocycles. The van der Waals surface area contributed by atoms with Crippen LogP contribution in [0.5, 0.6) is 0 Å². The molecule has 0 saturated heterocycles. The molecule has 0 saturated carbocycles. The third-order valence-corrected chi connectivity index (χ3v) is 6.26. The topological polar surface area (TPSA) is 62.6 Å². The monoisotopic (exact) mass is 479 g/mol. The Morgan fingerprint density at radius 1 is 0.800 bits per heavy atom. The van der Waals surface area contributed by atoms with Gasteiger partial charge in [-0.1, -0.05) is 84.1 Å². The Morgan fingerprint density at radius 3 is 2.14 bits per heavy atom. The fourth-order valence-electron chi connectivity index (χ4n) is 3.47. The SMILES string of the molecule is O=C(c1ccccc1)c1ccc(C(=O)N(/N=C/c2ccccc2)c2nc3ccc(F)cc3s2)cc1. The molecule has 0 atom stereocenters. The fourth-order valence-corrected chi connectivity index (χ4v) is 4.42. The number of fused-ring (bicyclic) bond motifs is 1. The van der Waals surface area contributed by atoms with E-state index < -0.39 is 5.91 Å². The lowest BCUT2D eigenvalue weighted by Gasteiger charge is -2.14. The molecule has 35 heavy (non-hydrogen) atoms. The summed E-state index contributed by atoms with van der Waals surface area (Å²) in [6.45, 7) is 0. The van der Waals surface area contributed by atoms with Crippen LogP contribution >= 0.6 is 11.3 Å². The van der Waals surface area contributed by atoms with Gasteiger partial charge in [0, 0.05) is 16.7 Å². The Morgan fingerprint density at radius 2 is 1.43 bits per heavy atom. The maximum absolute atomic E-state index is 13.7. The summed E-state index contributed by atoms with van der Waals surface area (Å²) in [5.41, 5.74) is 2.76. The van der Waals surface area contributed by atoms with E-state index in [4.69, 9.17) is 0 Å². The second-order valence-electron chi connectivity index (χ2n) is 7.65. The Bertz CT molecular complexity index is 1530. The summed E-state index contributed by atoms with van der Waals surface area (Å²) in [5.74, 6) is -0.927. The van der Waals surface area contributed by atoms with Crippen LogP contribution in [0.15, 0.2) is 108 Å². The number of carbonyl (C=O) groups is 2. The fraction of sp³-hybridized carbons (Fsp3) is 0. The van der Waals surface area contributed by atoms with Crippen molar-refractivity contribution in [3.63, 3.8) is 0 Å². The van der Waals surface area contributed by atoms with Crippen molar-refractivity contribution >= 4 is 44.6 Å². The van der Waals surface area contributed by atoms with E-state index in [9.17, 15) is 14.0 Å². The molecule has 170 valence electrons. The number of nitrogens with zero attached hydrogens (tertiary/aromatic N) is 3. The van der Waals surface area contributed by atoms with Crippen LogP contribution in [-0.4, -0.2) is 22.9 Å². The number of benzene rings is 4. The predicted octanol–water partition coefficient (Wildman–Crippen LogP) is 6.35. The van der Waals surface area contributed by atoms with Gasteiger partial charge < -0.3 is 0 Å². The number of hydrazone groups is 1. The van der Waals surface area contributed by atoms with Crippen LogP contribution in [0.2, 0.25) is 0 Å². The molecule has 0 aliphatic heterocycles. The molecule has 0 unspecified atom stereocenters. The van der Waals surface area contributed by atoms with E-state index in [0.29, 0.717) is 32.0 Å². The lowest BCUT2D eigenvalue weighted by atomic mass is 10.0. The van der Waals surface area contributed by atoms with Crippen molar-refractivity contribution in [2.45, 2.75) is 0 Å². The Hall–Kier alpha value is -4.49. The first kappa shape index (κ1) is 22.3. The summed E-state index contributed by atoms with van der Waals surface area (Å²) < 4.78 is 14.3. The van der Waals surface area contributed by atoms with E-state index >= 15 is 0 Å². The van der Waals surface area contributed by atoms with Crippen LogP contribution in [0, 0.1) is 5.82 Å². The van der Waals surface area contributed by atoms with E-state index in [-0.39, 0.29) is 11.6 Å². The highest BCUT2D eigenvalue weighted by atomic mass is 32.1. The van der Waals surface area contributed by atoms with Gasteiger partial charge in [0.05, 0.1) is 16.4 Å². The summed E-state index contributed by atoms with van der Waals surface area (Å²) in [6.07, 6.45) is 1.57. The summed E-state index contributed by atoms with van der Waals surface area (Å²) in [5, 5.41) is 5.92. The largest absolute Gasteiger partial charge is 0.289 e. The highest BCUT2D eigenvalue weighted by Crippen LogP contribution is 2.30. The molecule has 0 aliphatic carbocycles. The molecule has 5 aromatic rings.